The molecule has 0 bridgehead atoms. The second kappa shape index (κ2) is 9.52. The maximum atomic E-state index is 13.7. The van der Waals surface area contributed by atoms with Crippen LogP contribution >= 0.6 is 0 Å². The number of benzene rings is 2. The summed E-state index contributed by atoms with van der Waals surface area (Å²) in [6, 6.07) is 3.68. The summed E-state index contributed by atoms with van der Waals surface area (Å²) in [5.74, 6) is -3.79. The van der Waals surface area contributed by atoms with E-state index in [9.17, 15) is 53.8 Å². The predicted molar refractivity (Wildman–Crippen MR) is 115 cm³/mol. The molecule has 208 valence electrons. The average molecular weight is 574 g/mol. The molecule has 3 rings (SSSR count). The Morgan fingerprint density at radius 3 is 2.26 bits per heavy atom. The lowest BCUT2D eigenvalue weighted by atomic mass is 10.1. The van der Waals surface area contributed by atoms with Crippen LogP contribution in [0, 0.1) is 5.82 Å². The number of sulfonamides is 1. The molecule has 2 aromatic rings. The van der Waals surface area contributed by atoms with Crippen molar-refractivity contribution in [3.63, 3.8) is 0 Å². The molecule has 2 aromatic carbocycles. The number of hydrogen-bond acceptors (Lipinski definition) is 6. The van der Waals surface area contributed by atoms with Gasteiger partial charge in [-0.2, -0.15) is 26.3 Å². The number of carbonyl (C=O) groups is 2. The number of hydrogen-bond donors (Lipinski definition) is 2. The number of aliphatic carboxylic acids is 1. The molecule has 0 unspecified atom stereocenters. The van der Waals surface area contributed by atoms with Gasteiger partial charge in [0.25, 0.3) is 10.0 Å². The van der Waals surface area contributed by atoms with Gasteiger partial charge in [-0.25, -0.2) is 22.4 Å². The fourth-order valence-electron chi connectivity index (χ4n) is 3.13. The largest absolute Gasteiger partial charge is 0.478 e. The summed E-state index contributed by atoms with van der Waals surface area (Å²) < 4.78 is 129. The molecule has 9 nitrogen and oxygen atoms in total. The van der Waals surface area contributed by atoms with Gasteiger partial charge in [0, 0.05) is 5.69 Å². The molecule has 0 aliphatic carbocycles. The van der Waals surface area contributed by atoms with Crippen LogP contribution in [-0.4, -0.2) is 50.0 Å². The lowest BCUT2D eigenvalue weighted by Crippen LogP contribution is -2.47. The summed E-state index contributed by atoms with van der Waals surface area (Å²) in [5, 5.41) is 11.3. The molecule has 0 aromatic heterocycles. The number of carbonyl (C=O) groups excluding carboxylic acids is 1. The number of alkyl halides is 6. The van der Waals surface area contributed by atoms with Crippen molar-refractivity contribution in [2.45, 2.75) is 42.8 Å². The van der Waals surface area contributed by atoms with Crippen LogP contribution in [0.4, 0.5) is 46.9 Å². The SMILES string of the molecule is CC(C)(OC(=O)Nc1ccc2c(c1)N(S(=O)(=O)c1ccc(F)c(C(F)(F)F)c1)C[C@H](C(=O)O)O2)C(F)(F)F. The Hall–Kier alpha value is -3.76. The van der Waals surface area contributed by atoms with Crippen molar-refractivity contribution in [1.82, 2.24) is 0 Å². The first-order valence-corrected chi connectivity index (χ1v) is 11.7. The van der Waals surface area contributed by atoms with E-state index >= 15 is 0 Å². The second-order valence-corrected chi connectivity index (χ2v) is 10.2. The summed E-state index contributed by atoms with van der Waals surface area (Å²) >= 11 is 0. The summed E-state index contributed by atoms with van der Waals surface area (Å²) in [5.41, 5.74) is -5.61. The van der Waals surface area contributed by atoms with Crippen LogP contribution in [0.3, 0.4) is 0 Å². The molecule has 17 heteroatoms. The fourth-order valence-corrected chi connectivity index (χ4v) is 4.62. The normalized spacial score (nSPS) is 16.3. The highest BCUT2D eigenvalue weighted by Crippen LogP contribution is 2.41. The van der Waals surface area contributed by atoms with E-state index in [-0.39, 0.29) is 17.8 Å². The Kier molecular flexibility index (Phi) is 7.22. The van der Waals surface area contributed by atoms with Crippen molar-refractivity contribution in [2.75, 3.05) is 16.2 Å². The fraction of sp³-hybridized carbons (Fsp3) is 0.333. The van der Waals surface area contributed by atoms with Gasteiger partial charge in [-0.05, 0) is 50.2 Å². The van der Waals surface area contributed by atoms with Crippen LogP contribution in [0.2, 0.25) is 0 Å². The summed E-state index contributed by atoms with van der Waals surface area (Å²) in [4.78, 5) is 22.5. The number of fused-ring (bicyclic) bond motifs is 1. The zero-order valence-corrected chi connectivity index (χ0v) is 20.0. The highest BCUT2D eigenvalue weighted by Gasteiger charge is 2.51. The standard InChI is InChI=1S/C21H17F7N2O7S/c1-19(2,21(26,27)28)37-18(33)29-10-3-6-15-14(7-10)30(9-16(36-15)17(31)32)38(34,35)11-4-5-13(22)12(8-11)20(23,24)25/h3-8,16H,9H2,1-2H3,(H,29,33)(H,31,32)/t16-/m1/s1. The molecule has 0 saturated carbocycles. The van der Waals surface area contributed by atoms with Crippen LogP contribution in [0.15, 0.2) is 41.3 Å². The number of ether oxygens (including phenoxy) is 2. The number of nitrogens with zero attached hydrogens (tertiary/aromatic N) is 1. The maximum absolute atomic E-state index is 13.7. The Morgan fingerprint density at radius 1 is 1.08 bits per heavy atom. The molecule has 0 fully saturated rings. The molecule has 2 N–H and O–H groups in total. The van der Waals surface area contributed by atoms with Gasteiger partial charge in [0.05, 0.1) is 22.7 Å². The third-order valence-corrected chi connectivity index (χ3v) is 6.99. The third kappa shape index (κ3) is 5.71. The Labute approximate surface area is 209 Å². The van der Waals surface area contributed by atoms with Gasteiger partial charge >= 0.3 is 24.4 Å². The first-order valence-electron chi connectivity index (χ1n) is 10.2. The van der Waals surface area contributed by atoms with Gasteiger partial charge in [0.15, 0.2) is 0 Å². The van der Waals surface area contributed by atoms with E-state index in [4.69, 9.17) is 4.74 Å². The van der Waals surface area contributed by atoms with Crippen LogP contribution in [0.5, 0.6) is 5.75 Å². The van der Waals surface area contributed by atoms with Crippen molar-refractivity contribution < 1.29 is 63.3 Å². The minimum absolute atomic E-state index is 0.0221. The van der Waals surface area contributed by atoms with Gasteiger partial charge in [-0.3, -0.25) is 9.62 Å². The van der Waals surface area contributed by atoms with Gasteiger partial charge in [0.1, 0.15) is 11.6 Å². The number of anilines is 2. The molecular formula is C21H17F7N2O7S. The first kappa shape index (κ1) is 28.8. The zero-order chi connectivity index (χ0) is 28.8. The summed E-state index contributed by atoms with van der Waals surface area (Å²) in [6.45, 7) is 0.190. The van der Waals surface area contributed by atoms with Crippen LogP contribution < -0.4 is 14.4 Å². The molecule has 1 aliphatic heterocycles. The van der Waals surface area contributed by atoms with Crippen molar-refractivity contribution in [3.05, 3.63) is 47.8 Å². The van der Waals surface area contributed by atoms with E-state index in [1.165, 1.54) is 0 Å². The van der Waals surface area contributed by atoms with Crippen LogP contribution in [-0.2, 0) is 25.7 Å². The van der Waals surface area contributed by atoms with Crippen LogP contribution in [0.1, 0.15) is 19.4 Å². The summed E-state index contributed by atoms with van der Waals surface area (Å²) in [7, 11) is -5.00. The van der Waals surface area contributed by atoms with Crippen molar-refractivity contribution in [2.24, 2.45) is 0 Å². The van der Waals surface area contributed by atoms with Crippen molar-refractivity contribution >= 4 is 33.5 Å². The Morgan fingerprint density at radius 2 is 1.71 bits per heavy atom. The Bertz CT molecular complexity index is 1370. The number of carboxylic acid groups (broad SMARTS) is 1. The number of carboxylic acids is 1. The van der Waals surface area contributed by atoms with Gasteiger partial charge in [-0.1, -0.05) is 0 Å². The average Bonchev–Trinajstić information content (AvgIpc) is 2.76. The van der Waals surface area contributed by atoms with Gasteiger partial charge in [-0.15, -0.1) is 0 Å². The molecule has 1 aliphatic rings. The van der Waals surface area contributed by atoms with E-state index < -0.39 is 80.4 Å². The smallest absolute Gasteiger partial charge is 0.427 e. The van der Waals surface area contributed by atoms with Crippen molar-refractivity contribution in [3.8, 4) is 5.75 Å². The maximum Gasteiger partial charge on any atom is 0.427 e. The second-order valence-electron chi connectivity index (χ2n) is 8.33. The number of halogens is 7. The molecule has 38 heavy (non-hydrogen) atoms. The highest BCUT2D eigenvalue weighted by atomic mass is 32.2. The van der Waals surface area contributed by atoms with Crippen molar-refractivity contribution in [1.29, 1.82) is 0 Å². The quantitative estimate of drug-likeness (QED) is 0.493. The lowest BCUT2D eigenvalue weighted by Gasteiger charge is -2.34. The van der Waals surface area contributed by atoms with E-state index in [1.54, 1.807) is 0 Å². The third-order valence-electron chi connectivity index (χ3n) is 5.21. The van der Waals surface area contributed by atoms with Gasteiger partial charge in [0.2, 0.25) is 11.7 Å². The molecule has 0 radical (unpaired) electrons. The minimum atomic E-state index is -5.26. The topological polar surface area (TPSA) is 122 Å². The predicted octanol–water partition coefficient (Wildman–Crippen LogP) is 4.77. The molecule has 0 saturated heterocycles. The van der Waals surface area contributed by atoms with E-state index in [0.29, 0.717) is 24.2 Å². The lowest BCUT2D eigenvalue weighted by molar-refractivity contribution is -0.242. The van der Waals surface area contributed by atoms with Crippen LogP contribution in [0.25, 0.3) is 0 Å². The van der Waals surface area contributed by atoms with Gasteiger partial charge < -0.3 is 14.6 Å². The van der Waals surface area contributed by atoms with E-state index in [0.717, 1.165) is 18.2 Å². The highest BCUT2D eigenvalue weighted by molar-refractivity contribution is 7.92. The molecule has 1 atom stereocenters. The Balaban J connectivity index is 2.04. The molecule has 1 heterocycles. The summed E-state index contributed by atoms with van der Waals surface area (Å²) in [6.07, 6.45) is -13.6. The van der Waals surface area contributed by atoms with E-state index in [1.807, 2.05) is 5.32 Å². The molecule has 0 spiro atoms. The first-order chi connectivity index (χ1) is 17.2. The molecule has 1 amide bonds. The minimum Gasteiger partial charge on any atom is -0.478 e. The number of amides is 1. The monoisotopic (exact) mass is 574 g/mol. The zero-order valence-electron chi connectivity index (χ0n) is 19.1. The molecular weight excluding hydrogens is 557 g/mol. The van der Waals surface area contributed by atoms with E-state index in [2.05, 4.69) is 4.74 Å². The number of rotatable bonds is 5. The number of nitrogens with one attached hydrogen (secondary N) is 1.